The Hall–Kier alpha value is 0.180. The highest BCUT2D eigenvalue weighted by Crippen LogP contribution is 2.44. The van der Waals surface area contributed by atoms with Crippen molar-refractivity contribution in [3.8, 4) is 0 Å². The fraction of sp³-hybridized carbons (Fsp3) is 1.00. The maximum Gasteiger partial charge on any atom is 0.119 e. The van der Waals surface area contributed by atoms with Crippen molar-refractivity contribution in [2.75, 3.05) is 13.1 Å². The monoisotopic (exact) mass is 179 g/mol. The van der Waals surface area contributed by atoms with Gasteiger partial charge in [-0.2, -0.15) is 0 Å². The summed E-state index contributed by atoms with van der Waals surface area (Å²) in [5.74, 6) is 0. The van der Waals surface area contributed by atoms with Crippen LogP contribution in [0.2, 0.25) is 0 Å². The van der Waals surface area contributed by atoms with E-state index in [4.69, 9.17) is 0 Å². The fourth-order valence-corrected chi connectivity index (χ4v) is 2.34. The molecule has 66 valence electrons. The number of rotatable bonds is 0. The second kappa shape index (κ2) is 3.28. The Morgan fingerprint density at radius 3 is 2.36 bits per heavy atom. The van der Waals surface area contributed by atoms with Gasteiger partial charge in [0.2, 0.25) is 0 Å². The summed E-state index contributed by atoms with van der Waals surface area (Å²) in [5, 5.41) is 3.13. The molecule has 0 bridgehead atoms. The van der Waals surface area contributed by atoms with E-state index in [2.05, 4.69) is 5.32 Å². The lowest BCUT2D eigenvalue weighted by Gasteiger charge is -2.23. The maximum absolute atomic E-state index is 13.2. The minimum absolute atomic E-state index is 0. The van der Waals surface area contributed by atoms with E-state index in [0.717, 1.165) is 19.4 Å². The molecule has 0 aromatic rings. The van der Waals surface area contributed by atoms with Gasteiger partial charge in [0.25, 0.3) is 0 Å². The van der Waals surface area contributed by atoms with Gasteiger partial charge in [-0.05, 0) is 12.8 Å². The summed E-state index contributed by atoms with van der Waals surface area (Å²) in [6, 6.07) is 0. The normalized spacial score (nSPS) is 34.1. The van der Waals surface area contributed by atoms with E-state index in [1.807, 2.05) is 0 Å². The molecule has 1 saturated heterocycles. The maximum atomic E-state index is 13.2. The largest absolute Gasteiger partial charge is 0.313 e. The Kier molecular flexibility index (Phi) is 2.76. The Bertz CT molecular complexity index is 129. The van der Waals surface area contributed by atoms with Gasteiger partial charge in [0.15, 0.2) is 0 Å². The lowest BCUT2D eigenvalue weighted by Crippen LogP contribution is -2.27. The first-order chi connectivity index (χ1) is 4.83. The third-order valence-electron chi connectivity index (χ3n) is 3.06. The number of hydrogen-bond acceptors (Lipinski definition) is 1. The first-order valence-electron chi connectivity index (χ1n) is 4.18. The van der Waals surface area contributed by atoms with E-state index in [9.17, 15) is 4.39 Å². The zero-order chi connectivity index (χ0) is 7.03. The van der Waals surface area contributed by atoms with Crippen LogP contribution in [0.3, 0.4) is 0 Å². The highest BCUT2D eigenvalue weighted by molar-refractivity contribution is 5.85. The standard InChI is InChI=1S/C8H14FN.ClH/c9-7-5-10-6-8(7)3-1-2-4-8;/h7,10H,1-6H2;1H. The Balaban J connectivity index is 0.000000605. The third kappa shape index (κ3) is 1.38. The van der Waals surface area contributed by atoms with Gasteiger partial charge in [-0.1, -0.05) is 12.8 Å². The van der Waals surface area contributed by atoms with E-state index in [0.29, 0.717) is 6.54 Å². The number of alkyl halides is 1. The van der Waals surface area contributed by atoms with Gasteiger partial charge in [-0.3, -0.25) is 0 Å². The van der Waals surface area contributed by atoms with E-state index in [1.165, 1.54) is 12.8 Å². The second-order valence-corrected chi connectivity index (χ2v) is 3.67. The van der Waals surface area contributed by atoms with Gasteiger partial charge in [0.1, 0.15) is 6.17 Å². The van der Waals surface area contributed by atoms with Crippen LogP contribution in [-0.4, -0.2) is 19.3 Å². The van der Waals surface area contributed by atoms with Gasteiger partial charge in [-0.15, -0.1) is 12.4 Å². The van der Waals surface area contributed by atoms with Crippen LogP contribution in [0.25, 0.3) is 0 Å². The second-order valence-electron chi connectivity index (χ2n) is 3.67. The number of nitrogens with one attached hydrogen (secondary N) is 1. The predicted molar refractivity (Wildman–Crippen MR) is 45.9 cm³/mol. The smallest absolute Gasteiger partial charge is 0.119 e. The average molecular weight is 180 g/mol. The summed E-state index contributed by atoms with van der Waals surface area (Å²) < 4.78 is 13.2. The van der Waals surface area contributed by atoms with Crippen molar-refractivity contribution in [2.24, 2.45) is 5.41 Å². The molecule has 1 aliphatic heterocycles. The van der Waals surface area contributed by atoms with E-state index in [1.54, 1.807) is 0 Å². The van der Waals surface area contributed by atoms with E-state index in [-0.39, 0.29) is 17.8 Å². The quantitative estimate of drug-likeness (QED) is 0.599. The molecule has 1 atom stereocenters. The van der Waals surface area contributed by atoms with Crippen LogP contribution in [-0.2, 0) is 0 Å². The minimum Gasteiger partial charge on any atom is -0.313 e. The molecule has 1 N–H and O–H groups in total. The number of halogens is 2. The zero-order valence-electron chi connectivity index (χ0n) is 6.61. The van der Waals surface area contributed by atoms with Gasteiger partial charge < -0.3 is 5.32 Å². The topological polar surface area (TPSA) is 12.0 Å². The summed E-state index contributed by atoms with van der Waals surface area (Å²) >= 11 is 0. The molecule has 2 fully saturated rings. The Labute approximate surface area is 73.2 Å². The summed E-state index contributed by atoms with van der Waals surface area (Å²) in [5.41, 5.74) is 0.0694. The van der Waals surface area contributed by atoms with E-state index < -0.39 is 6.17 Å². The summed E-state index contributed by atoms with van der Waals surface area (Å²) in [4.78, 5) is 0. The average Bonchev–Trinajstić information content (AvgIpc) is 2.48. The van der Waals surface area contributed by atoms with Crippen molar-refractivity contribution in [3.05, 3.63) is 0 Å². The molecule has 0 amide bonds. The van der Waals surface area contributed by atoms with Crippen molar-refractivity contribution < 1.29 is 4.39 Å². The molecular formula is C8H15ClFN. The molecule has 0 aromatic heterocycles. The molecule has 1 nitrogen and oxygen atoms in total. The molecule has 1 spiro atoms. The molecular weight excluding hydrogens is 165 g/mol. The molecule has 0 aromatic carbocycles. The van der Waals surface area contributed by atoms with Crippen LogP contribution in [0.1, 0.15) is 25.7 Å². The third-order valence-corrected chi connectivity index (χ3v) is 3.06. The van der Waals surface area contributed by atoms with Crippen LogP contribution < -0.4 is 5.32 Å². The Morgan fingerprint density at radius 2 is 1.91 bits per heavy atom. The predicted octanol–water partition coefficient (Wildman–Crippen LogP) is 1.91. The van der Waals surface area contributed by atoms with Crippen molar-refractivity contribution >= 4 is 12.4 Å². The molecule has 1 saturated carbocycles. The minimum atomic E-state index is -0.560. The SMILES string of the molecule is Cl.FC1CNCC12CCCC2. The molecule has 1 heterocycles. The van der Waals surface area contributed by atoms with Crippen LogP contribution in [0.15, 0.2) is 0 Å². The molecule has 1 unspecified atom stereocenters. The van der Waals surface area contributed by atoms with Crippen molar-refractivity contribution in [1.82, 2.24) is 5.32 Å². The molecule has 1 aliphatic carbocycles. The summed E-state index contributed by atoms with van der Waals surface area (Å²) in [7, 11) is 0. The molecule has 11 heavy (non-hydrogen) atoms. The van der Waals surface area contributed by atoms with Crippen LogP contribution in [0.4, 0.5) is 4.39 Å². The molecule has 2 aliphatic rings. The highest BCUT2D eigenvalue weighted by atomic mass is 35.5. The van der Waals surface area contributed by atoms with Gasteiger partial charge in [0.05, 0.1) is 0 Å². The summed E-state index contributed by atoms with van der Waals surface area (Å²) in [6.07, 6.45) is 4.14. The van der Waals surface area contributed by atoms with Crippen LogP contribution in [0.5, 0.6) is 0 Å². The molecule has 0 radical (unpaired) electrons. The van der Waals surface area contributed by atoms with Gasteiger partial charge in [-0.25, -0.2) is 4.39 Å². The van der Waals surface area contributed by atoms with Crippen molar-refractivity contribution in [3.63, 3.8) is 0 Å². The van der Waals surface area contributed by atoms with Crippen LogP contribution in [0, 0.1) is 5.41 Å². The molecule has 2 rings (SSSR count). The fourth-order valence-electron chi connectivity index (χ4n) is 2.34. The van der Waals surface area contributed by atoms with Gasteiger partial charge >= 0.3 is 0 Å². The molecule has 3 heteroatoms. The van der Waals surface area contributed by atoms with Gasteiger partial charge in [0, 0.05) is 18.5 Å². The number of hydrogen-bond donors (Lipinski definition) is 1. The zero-order valence-corrected chi connectivity index (χ0v) is 7.42. The lowest BCUT2D eigenvalue weighted by atomic mass is 9.84. The highest BCUT2D eigenvalue weighted by Gasteiger charge is 2.44. The Morgan fingerprint density at radius 1 is 1.27 bits per heavy atom. The van der Waals surface area contributed by atoms with Crippen LogP contribution >= 0.6 is 12.4 Å². The van der Waals surface area contributed by atoms with Crippen molar-refractivity contribution in [2.45, 2.75) is 31.9 Å². The first kappa shape index (κ1) is 9.27. The summed E-state index contributed by atoms with van der Waals surface area (Å²) in [6.45, 7) is 1.52. The first-order valence-corrected chi connectivity index (χ1v) is 4.18. The lowest BCUT2D eigenvalue weighted by molar-refractivity contribution is 0.168. The van der Waals surface area contributed by atoms with E-state index >= 15 is 0 Å². The van der Waals surface area contributed by atoms with Crippen molar-refractivity contribution in [1.29, 1.82) is 0 Å².